The number of aryl methyl sites for hydroxylation is 3. The highest BCUT2D eigenvalue weighted by molar-refractivity contribution is 6.33. The van der Waals surface area contributed by atoms with Crippen LogP contribution < -0.4 is 0 Å². The van der Waals surface area contributed by atoms with Crippen molar-refractivity contribution >= 4 is 23.2 Å². The third kappa shape index (κ3) is 4.75. The molecule has 172 valence electrons. The van der Waals surface area contributed by atoms with Crippen molar-refractivity contribution in [1.29, 1.82) is 0 Å². The molecular weight excluding hydrogens is 440 g/mol. The predicted octanol–water partition coefficient (Wildman–Crippen LogP) is 4.73. The van der Waals surface area contributed by atoms with Crippen LogP contribution in [0.25, 0.3) is 17.1 Å². The summed E-state index contributed by atoms with van der Waals surface area (Å²) in [6.45, 7) is 10.1. The van der Waals surface area contributed by atoms with E-state index in [1.807, 2.05) is 63.4 Å². The average molecular weight is 467 g/mol. The van der Waals surface area contributed by atoms with Crippen LogP contribution in [0.4, 0.5) is 0 Å². The molecule has 0 bridgehead atoms. The maximum absolute atomic E-state index is 13.2. The SMILES string of the molecule is Cc1cc2nc(C)c(CCC(=O)N(Cc3nnc(-c4ccccc4Cl)o3)C(C)C)c(C)n2n1. The van der Waals surface area contributed by atoms with Gasteiger partial charge < -0.3 is 9.32 Å². The van der Waals surface area contributed by atoms with Crippen molar-refractivity contribution < 1.29 is 9.21 Å². The number of carbonyl (C=O) groups is 1. The maximum Gasteiger partial charge on any atom is 0.249 e. The topological polar surface area (TPSA) is 89.4 Å². The summed E-state index contributed by atoms with van der Waals surface area (Å²) in [5.41, 5.74) is 5.39. The van der Waals surface area contributed by atoms with Gasteiger partial charge in [-0.2, -0.15) is 5.10 Å². The molecule has 0 aliphatic rings. The summed E-state index contributed by atoms with van der Waals surface area (Å²) >= 11 is 6.23. The van der Waals surface area contributed by atoms with Gasteiger partial charge in [-0.1, -0.05) is 23.7 Å². The second kappa shape index (κ2) is 9.31. The van der Waals surface area contributed by atoms with E-state index >= 15 is 0 Å². The fraction of sp³-hybridized carbons (Fsp3) is 0.375. The van der Waals surface area contributed by atoms with Gasteiger partial charge in [0.2, 0.25) is 17.7 Å². The summed E-state index contributed by atoms with van der Waals surface area (Å²) < 4.78 is 7.65. The number of benzene rings is 1. The number of aromatic nitrogens is 5. The van der Waals surface area contributed by atoms with Crippen molar-refractivity contribution in [2.24, 2.45) is 0 Å². The number of rotatable bonds is 7. The van der Waals surface area contributed by atoms with Crippen LogP contribution in [-0.4, -0.2) is 41.6 Å². The maximum atomic E-state index is 13.2. The molecule has 1 amide bonds. The van der Waals surface area contributed by atoms with E-state index in [1.165, 1.54) is 0 Å². The first-order valence-corrected chi connectivity index (χ1v) is 11.3. The second-order valence-corrected chi connectivity index (χ2v) is 8.82. The zero-order chi connectivity index (χ0) is 23.7. The normalized spacial score (nSPS) is 11.5. The molecule has 0 unspecified atom stereocenters. The van der Waals surface area contributed by atoms with E-state index in [2.05, 4.69) is 20.3 Å². The van der Waals surface area contributed by atoms with Crippen LogP contribution >= 0.6 is 11.6 Å². The lowest BCUT2D eigenvalue weighted by Crippen LogP contribution is -2.36. The van der Waals surface area contributed by atoms with E-state index in [0.29, 0.717) is 35.2 Å². The summed E-state index contributed by atoms with van der Waals surface area (Å²) in [5, 5.41) is 13.3. The van der Waals surface area contributed by atoms with Crippen molar-refractivity contribution in [2.75, 3.05) is 0 Å². The molecule has 0 aliphatic carbocycles. The molecule has 4 aromatic rings. The zero-order valence-electron chi connectivity index (χ0n) is 19.5. The van der Waals surface area contributed by atoms with Crippen LogP contribution in [-0.2, 0) is 17.8 Å². The minimum absolute atomic E-state index is 0.0121. The van der Waals surface area contributed by atoms with Crippen LogP contribution in [0.5, 0.6) is 0 Å². The molecule has 33 heavy (non-hydrogen) atoms. The van der Waals surface area contributed by atoms with Gasteiger partial charge in [-0.05, 0) is 58.7 Å². The summed E-state index contributed by atoms with van der Waals surface area (Å²) in [7, 11) is 0. The summed E-state index contributed by atoms with van der Waals surface area (Å²) in [6.07, 6.45) is 0.926. The van der Waals surface area contributed by atoms with Gasteiger partial charge in [0.25, 0.3) is 0 Å². The van der Waals surface area contributed by atoms with E-state index < -0.39 is 0 Å². The number of fused-ring (bicyclic) bond motifs is 1. The van der Waals surface area contributed by atoms with E-state index in [0.717, 1.165) is 28.3 Å². The van der Waals surface area contributed by atoms with Crippen molar-refractivity contribution in [3.8, 4) is 11.5 Å². The number of amides is 1. The van der Waals surface area contributed by atoms with Crippen molar-refractivity contribution in [3.05, 3.63) is 63.9 Å². The predicted molar refractivity (Wildman–Crippen MR) is 126 cm³/mol. The van der Waals surface area contributed by atoms with Gasteiger partial charge in [-0.15, -0.1) is 10.2 Å². The van der Waals surface area contributed by atoms with Crippen LogP contribution in [0.3, 0.4) is 0 Å². The number of hydrogen-bond acceptors (Lipinski definition) is 6. The van der Waals surface area contributed by atoms with Crippen LogP contribution in [0.1, 0.15) is 48.8 Å². The quantitative estimate of drug-likeness (QED) is 0.391. The van der Waals surface area contributed by atoms with Crippen molar-refractivity contribution in [1.82, 2.24) is 29.7 Å². The molecule has 8 nitrogen and oxygen atoms in total. The highest BCUT2D eigenvalue weighted by Gasteiger charge is 2.22. The number of halogens is 1. The molecule has 0 spiro atoms. The molecule has 0 fully saturated rings. The Balaban J connectivity index is 1.49. The first kappa shape index (κ1) is 22.9. The van der Waals surface area contributed by atoms with Gasteiger partial charge in [0, 0.05) is 29.9 Å². The van der Waals surface area contributed by atoms with Gasteiger partial charge >= 0.3 is 0 Å². The largest absolute Gasteiger partial charge is 0.419 e. The monoisotopic (exact) mass is 466 g/mol. The zero-order valence-corrected chi connectivity index (χ0v) is 20.2. The second-order valence-electron chi connectivity index (χ2n) is 8.41. The first-order valence-electron chi connectivity index (χ1n) is 10.9. The lowest BCUT2D eigenvalue weighted by molar-refractivity contribution is -0.133. The smallest absolute Gasteiger partial charge is 0.249 e. The highest BCUT2D eigenvalue weighted by Crippen LogP contribution is 2.26. The van der Waals surface area contributed by atoms with E-state index in [-0.39, 0.29) is 18.5 Å². The van der Waals surface area contributed by atoms with E-state index in [9.17, 15) is 4.79 Å². The molecule has 1 aromatic carbocycles. The Morgan fingerprint density at radius 1 is 1.18 bits per heavy atom. The van der Waals surface area contributed by atoms with Crippen LogP contribution in [0.2, 0.25) is 5.02 Å². The van der Waals surface area contributed by atoms with Crippen LogP contribution in [0.15, 0.2) is 34.7 Å². The van der Waals surface area contributed by atoms with Gasteiger partial charge in [0.05, 0.1) is 22.8 Å². The molecule has 3 heterocycles. The lowest BCUT2D eigenvalue weighted by Gasteiger charge is -2.25. The molecule has 0 aliphatic heterocycles. The summed E-state index contributed by atoms with van der Waals surface area (Å²) in [6, 6.07) is 9.22. The summed E-state index contributed by atoms with van der Waals surface area (Å²) in [4.78, 5) is 19.6. The first-order chi connectivity index (χ1) is 15.7. The Morgan fingerprint density at radius 2 is 1.94 bits per heavy atom. The number of carbonyl (C=O) groups excluding carboxylic acids is 1. The molecule has 0 atom stereocenters. The molecule has 0 N–H and O–H groups in total. The Labute approximate surface area is 197 Å². The Kier molecular flexibility index (Phi) is 6.47. The fourth-order valence-electron chi connectivity index (χ4n) is 3.94. The molecule has 9 heteroatoms. The minimum atomic E-state index is -0.0234. The third-order valence-electron chi connectivity index (χ3n) is 5.70. The Morgan fingerprint density at radius 3 is 2.67 bits per heavy atom. The molecular formula is C24H27ClN6O2. The molecule has 3 aromatic heterocycles. The lowest BCUT2D eigenvalue weighted by atomic mass is 10.1. The molecule has 4 rings (SSSR count). The van der Waals surface area contributed by atoms with Gasteiger partial charge in [0.1, 0.15) is 0 Å². The fourth-order valence-corrected chi connectivity index (χ4v) is 4.16. The highest BCUT2D eigenvalue weighted by atomic mass is 35.5. The molecule has 0 saturated carbocycles. The Hall–Kier alpha value is -3.26. The average Bonchev–Trinajstić information content (AvgIpc) is 3.38. The van der Waals surface area contributed by atoms with Gasteiger partial charge in [0.15, 0.2) is 5.65 Å². The van der Waals surface area contributed by atoms with Gasteiger partial charge in [-0.25, -0.2) is 9.50 Å². The third-order valence-corrected chi connectivity index (χ3v) is 6.03. The molecule has 0 saturated heterocycles. The van der Waals surface area contributed by atoms with E-state index in [4.69, 9.17) is 16.0 Å². The minimum Gasteiger partial charge on any atom is -0.419 e. The van der Waals surface area contributed by atoms with Gasteiger partial charge in [-0.3, -0.25) is 4.79 Å². The van der Waals surface area contributed by atoms with E-state index in [1.54, 1.807) is 11.0 Å². The standard InChI is InChI=1S/C24H27ClN6O2/c1-14(2)30(13-22-27-28-24(33-22)19-8-6-7-9-20(19)25)23(32)11-10-18-16(4)26-21-12-15(3)29-31(21)17(18)5/h6-9,12,14H,10-11,13H2,1-5H3. The number of hydrogen-bond donors (Lipinski definition) is 0. The van der Waals surface area contributed by atoms with Crippen molar-refractivity contribution in [3.63, 3.8) is 0 Å². The number of nitrogens with zero attached hydrogens (tertiary/aromatic N) is 6. The van der Waals surface area contributed by atoms with Crippen molar-refractivity contribution in [2.45, 2.75) is 60.0 Å². The summed E-state index contributed by atoms with van der Waals surface area (Å²) in [5.74, 6) is 0.722. The van der Waals surface area contributed by atoms with Crippen LogP contribution in [0, 0.1) is 20.8 Å². The molecule has 0 radical (unpaired) electrons. The Bertz CT molecular complexity index is 1310.